The first-order valence-corrected chi connectivity index (χ1v) is 13.6. The summed E-state index contributed by atoms with van der Waals surface area (Å²) in [6, 6.07) is 4.29. The van der Waals surface area contributed by atoms with Gasteiger partial charge < -0.3 is 16.0 Å². The molecule has 0 bridgehead atoms. The fraction of sp³-hybridized carbons (Fsp3) is 0.591. The van der Waals surface area contributed by atoms with Gasteiger partial charge in [-0.25, -0.2) is 12.7 Å². The number of amides is 1. The Bertz CT molecular complexity index is 1040. The molecule has 2 aromatic rings. The molecule has 0 spiro atoms. The normalized spacial score (nSPS) is 19.4. The maximum Gasteiger partial charge on any atom is 0.250 e. The van der Waals surface area contributed by atoms with Crippen molar-refractivity contribution in [2.24, 2.45) is 5.73 Å². The van der Waals surface area contributed by atoms with Gasteiger partial charge in [0.05, 0.1) is 16.8 Å². The van der Waals surface area contributed by atoms with Crippen molar-refractivity contribution in [1.82, 2.24) is 14.6 Å². The van der Waals surface area contributed by atoms with Crippen LogP contribution in [0.4, 0.5) is 0 Å². The highest BCUT2D eigenvalue weighted by Gasteiger charge is 2.30. The number of aromatic nitrogens is 1. The van der Waals surface area contributed by atoms with Crippen molar-refractivity contribution in [2.45, 2.75) is 56.9 Å². The van der Waals surface area contributed by atoms with Crippen LogP contribution in [0.2, 0.25) is 0 Å². The second-order valence-corrected chi connectivity index (χ2v) is 11.8. The highest BCUT2D eigenvalue weighted by Crippen LogP contribution is 2.36. The molecule has 1 saturated carbocycles. The monoisotopic (exact) mass is 510 g/mol. The fourth-order valence-corrected chi connectivity index (χ4v) is 7.01. The van der Waals surface area contributed by atoms with Crippen molar-refractivity contribution in [3.63, 3.8) is 0 Å². The molecule has 9 heteroatoms. The van der Waals surface area contributed by atoms with Crippen LogP contribution in [0.3, 0.4) is 0 Å². The summed E-state index contributed by atoms with van der Waals surface area (Å²) >= 11 is 3.47. The lowest BCUT2D eigenvalue weighted by Crippen LogP contribution is -2.40. The molecule has 0 atom stereocenters. The summed E-state index contributed by atoms with van der Waals surface area (Å²) in [4.78, 5) is 15.0. The molecule has 0 unspecified atom stereocenters. The maximum atomic E-state index is 12.8. The highest BCUT2D eigenvalue weighted by atomic mass is 79.9. The molecule has 1 aliphatic heterocycles. The average molecular weight is 511 g/mol. The van der Waals surface area contributed by atoms with Crippen molar-refractivity contribution < 1.29 is 13.2 Å². The lowest BCUT2D eigenvalue weighted by Gasteiger charge is -2.31. The summed E-state index contributed by atoms with van der Waals surface area (Å²) in [6.07, 6.45) is 9.12. The van der Waals surface area contributed by atoms with Gasteiger partial charge in [0.25, 0.3) is 5.91 Å². The van der Waals surface area contributed by atoms with Gasteiger partial charge in [0.2, 0.25) is 10.0 Å². The molecular weight excluding hydrogens is 480 g/mol. The number of nitrogens with one attached hydrogen (secondary N) is 2. The van der Waals surface area contributed by atoms with Crippen molar-refractivity contribution >= 4 is 42.8 Å². The first-order chi connectivity index (χ1) is 14.8. The van der Waals surface area contributed by atoms with E-state index in [1.54, 1.807) is 10.4 Å². The van der Waals surface area contributed by atoms with Crippen LogP contribution >= 0.6 is 15.9 Å². The molecule has 1 aromatic carbocycles. The van der Waals surface area contributed by atoms with Crippen LogP contribution < -0.4 is 11.1 Å². The number of H-pyrrole nitrogens is 1. The number of nitrogens with zero attached hydrogens (tertiary/aromatic N) is 1. The zero-order valence-corrected chi connectivity index (χ0v) is 20.1. The number of halogens is 1. The number of nitrogens with two attached hydrogens (primary N) is 1. The zero-order chi connectivity index (χ0) is 22.0. The first kappa shape index (κ1) is 22.8. The molecule has 31 heavy (non-hydrogen) atoms. The van der Waals surface area contributed by atoms with Crippen molar-refractivity contribution in [3.05, 3.63) is 33.9 Å². The maximum absolute atomic E-state index is 12.8. The van der Waals surface area contributed by atoms with E-state index in [9.17, 15) is 13.2 Å². The van der Waals surface area contributed by atoms with E-state index in [0.29, 0.717) is 31.1 Å². The minimum Gasteiger partial charge on any atom is -0.366 e. The van der Waals surface area contributed by atoms with E-state index in [0.717, 1.165) is 40.3 Å². The number of sulfonamides is 1. The Morgan fingerprint density at radius 3 is 2.58 bits per heavy atom. The van der Waals surface area contributed by atoms with Crippen LogP contribution in [-0.4, -0.2) is 55.0 Å². The second-order valence-electron chi connectivity index (χ2n) is 8.76. The molecule has 7 nitrogen and oxygen atoms in total. The quantitative estimate of drug-likeness (QED) is 0.472. The average Bonchev–Trinajstić information content (AvgIpc) is 3.40. The van der Waals surface area contributed by atoms with E-state index in [4.69, 9.17) is 5.73 Å². The van der Waals surface area contributed by atoms with Gasteiger partial charge in [0.15, 0.2) is 0 Å². The number of carbonyl (C=O) groups is 1. The number of piperidine rings is 1. The summed E-state index contributed by atoms with van der Waals surface area (Å²) in [5.74, 6) is -0.0124. The number of carbonyl (C=O) groups excluding carboxylic acids is 1. The van der Waals surface area contributed by atoms with Gasteiger partial charge in [-0.05, 0) is 62.3 Å². The largest absolute Gasteiger partial charge is 0.366 e. The molecule has 4 N–H and O–H groups in total. The SMILES string of the molecule is NC(=O)c1cc(Br)cc2c(C3CCN(S(=O)(=O)CCCNC4CCCC4)CC3)c[nH]c12. The topological polar surface area (TPSA) is 108 Å². The second kappa shape index (κ2) is 9.60. The van der Waals surface area contributed by atoms with Crippen LogP contribution in [0.1, 0.15) is 66.8 Å². The zero-order valence-electron chi connectivity index (χ0n) is 17.7. The van der Waals surface area contributed by atoms with E-state index < -0.39 is 15.9 Å². The lowest BCUT2D eigenvalue weighted by molar-refractivity contribution is 0.100. The third-order valence-electron chi connectivity index (χ3n) is 6.71. The fourth-order valence-electron chi connectivity index (χ4n) is 5.01. The number of primary amides is 1. The standard InChI is InChI=1S/C22H31BrN4O3S/c23-16-12-18-20(14-26-21(18)19(13-16)22(24)28)15-6-9-27(10-7-15)31(29,30)11-3-8-25-17-4-1-2-5-17/h12-15,17,25-26H,1-11H2,(H2,24,28). The Kier molecular flexibility index (Phi) is 7.05. The molecule has 4 rings (SSSR count). The van der Waals surface area contributed by atoms with Crippen LogP contribution in [0.5, 0.6) is 0 Å². The number of aromatic amines is 1. The predicted octanol–water partition coefficient (Wildman–Crippen LogP) is 3.46. The molecule has 1 saturated heterocycles. The Balaban J connectivity index is 1.35. The van der Waals surface area contributed by atoms with Crippen LogP contribution in [0, 0.1) is 0 Å². The third kappa shape index (κ3) is 5.16. The molecule has 2 fully saturated rings. The van der Waals surface area contributed by atoms with Crippen LogP contribution in [0.15, 0.2) is 22.8 Å². The molecule has 1 aliphatic carbocycles. The van der Waals surface area contributed by atoms with Crippen molar-refractivity contribution in [1.29, 1.82) is 0 Å². The van der Waals surface area contributed by atoms with Gasteiger partial charge in [0, 0.05) is 35.2 Å². The van der Waals surface area contributed by atoms with Gasteiger partial charge in [-0.2, -0.15) is 0 Å². The smallest absolute Gasteiger partial charge is 0.250 e. The van der Waals surface area contributed by atoms with Crippen molar-refractivity contribution in [2.75, 3.05) is 25.4 Å². The van der Waals surface area contributed by atoms with Crippen LogP contribution in [0.25, 0.3) is 10.9 Å². The Hall–Kier alpha value is -1.42. The van der Waals surface area contributed by atoms with Crippen molar-refractivity contribution in [3.8, 4) is 0 Å². The van der Waals surface area contributed by atoms with E-state index in [1.165, 1.54) is 25.7 Å². The van der Waals surface area contributed by atoms with Gasteiger partial charge in [-0.15, -0.1) is 0 Å². The summed E-state index contributed by atoms with van der Waals surface area (Å²) < 4.78 is 28.0. The Morgan fingerprint density at radius 1 is 1.19 bits per heavy atom. The predicted molar refractivity (Wildman–Crippen MR) is 127 cm³/mol. The van der Waals surface area contributed by atoms with Gasteiger partial charge >= 0.3 is 0 Å². The minimum atomic E-state index is -3.22. The molecular formula is C22H31BrN4O3S. The molecule has 1 amide bonds. The molecule has 170 valence electrons. The highest BCUT2D eigenvalue weighted by molar-refractivity contribution is 9.10. The summed E-state index contributed by atoms with van der Waals surface area (Å²) in [6.45, 7) is 1.84. The van der Waals surface area contributed by atoms with Gasteiger partial charge in [0.1, 0.15) is 0 Å². The van der Waals surface area contributed by atoms with Gasteiger partial charge in [-0.3, -0.25) is 4.79 Å². The Morgan fingerprint density at radius 2 is 1.90 bits per heavy atom. The van der Waals surface area contributed by atoms with Crippen LogP contribution in [-0.2, 0) is 10.0 Å². The number of hydrogen-bond acceptors (Lipinski definition) is 4. The van der Waals surface area contributed by atoms with E-state index in [2.05, 4.69) is 26.2 Å². The minimum absolute atomic E-state index is 0.208. The number of benzene rings is 1. The molecule has 0 radical (unpaired) electrons. The number of fused-ring (bicyclic) bond motifs is 1. The first-order valence-electron chi connectivity index (χ1n) is 11.2. The third-order valence-corrected chi connectivity index (χ3v) is 9.12. The lowest BCUT2D eigenvalue weighted by atomic mass is 9.89. The summed E-state index contributed by atoms with van der Waals surface area (Å²) in [7, 11) is -3.22. The summed E-state index contributed by atoms with van der Waals surface area (Å²) in [5.41, 5.74) is 7.86. The van der Waals surface area contributed by atoms with E-state index in [1.807, 2.05) is 12.3 Å². The van der Waals surface area contributed by atoms with E-state index in [-0.39, 0.29) is 11.7 Å². The van der Waals surface area contributed by atoms with Gasteiger partial charge in [-0.1, -0.05) is 28.8 Å². The number of rotatable bonds is 8. The molecule has 1 aromatic heterocycles. The Labute approximate surface area is 192 Å². The number of hydrogen-bond donors (Lipinski definition) is 3. The molecule has 2 heterocycles. The summed E-state index contributed by atoms with van der Waals surface area (Å²) in [5, 5.41) is 4.47. The molecule has 2 aliphatic rings. The van der Waals surface area contributed by atoms with E-state index >= 15 is 0 Å².